The predicted octanol–water partition coefficient (Wildman–Crippen LogP) is 5.84. The van der Waals surface area contributed by atoms with Crippen LogP contribution in [-0.4, -0.2) is 43.5 Å². The fourth-order valence-electron chi connectivity index (χ4n) is 5.37. The van der Waals surface area contributed by atoms with E-state index >= 15 is 0 Å². The fraction of sp³-hybridized carbons (Fsp3) is 0.233. The highest BCUT2D eigenvalue weighted by Gasteiger charge is 2.31. The van der Waals surface area contributed by atoms with E-state index in [0.29, 0.717) is 17.1 Å². The van der Waals surface area contributed by atoms with Crippen LogP contribution in [0.5, 0.6) is 11.5 Å². The number of methoxy groups -OCH3 is 2. The maximum atomic E-state index is 14.2. The Balaban J connectivity index is 1.38. The van der Waals surface area contributed by atoms with Gasteiger partial charge in [0.25, 0.3) is 10.0 Å². The first-order valence-electron chi connectivity index (χ1n) is 13.2. The van der Waals surface area contributed by atoms with Crippen molar-refractivity contribution in [1.82, 2.24) is 14.3 Å². The van der Waals surface area contributed by atoms with E-state index < -0.39 is 10.0 Å². The molecule has 1 atom stereocenters. The Morgan fingerprint density at radius 2 is 1.85 bits per heavy atom. The Morgan fingerprint density at radius 3 is 2.61 bits per heavy atom. The van der Waals surface area contributed by atoms with Gasteiger partial charge in [-0.1, -0.05) is 30.3 Å². The number of hydrogen-bond acceptors (Lipinski definition) is 9. The number of hydrogen-bond donors (Lipinski definition) is 0. The minimum Gasteiger partial charge on any atom is -0.497 e. The van der Waals surface area contributed by atoms with Gasteiger partial charge < -0.3 is 14.4 Å². The summed E-state index contributed by atoms with van der Waals surface area (Å²) >= 11 is 1.02. The summed E-state index contributed by atoms with van der Waals surface area (Å²) in [7, 11) is -0.910. The van der Waals surface area contributed by atoms with Gasteiger partial charge in [0.1, 0.15) is 23.6 Å². The van der Waals surface area contributed by atoms with Gasteiger partial charge in [0.05, 0.1) is 31.7 Å². The number of ether oxygens (including phenoxy) is 2. The SMILES string of the molecule is COc1ccc(CN(c2ncns2)S(=O)(=O)c2ccc3c(N4CCCC4c4ccccc4)nccc3c2)c(OC)c1. The number of aromatic nitrogens is 3. The molecule has 0 amide bonds. The van der Waals surface area contributed by atoms with Crippen molar-refractivity contribution in [2.24, 2.45) is 0 Å². The number of rotatable bonds is 9. The average molecular weight is 588 g/mol. The Kier molecular flexibility index (Phi) is 7.46. The van der Waals surface area contributed by atoms with Gasteiger partial charge in [0.15, 0.2) is 0 Å². The van der Waals surface area contributed by atoms with Crippen LogP contribution in [0.1, 0.15) is 30.0 Å². The number of pyridine rings is 1. The third kappa shape index (κ3) is 5.18. The van der Waals surface area contributed by atoms with Gasteiger partial charge in [0, 0.05) is 41.3 Å². The zero-order valence-electron chi connectivity index (χ0n) is 22.7. The summed E-state index contributed by atoms with van der Waals surface area (Å²) < 4.78 is 44.5. The number of fused-ring (bicyclic) bond motifs is 1. The predicted molar refractivity (Wildman–Crippen MR) is 160 cm³/mol. The second kappa shape index (κ2) is 11.3. The highest BCUT2D eigenvalue weighted by atomic mass is 32.2. The Bertz CT molecular complexity index is 1770. The molecule has 1 aliphatic heterocycles. The highest BCUT2D eigenvalue weighted by molar-refractivity contribution is 7.93. The van der Waals surface area contributed by atoms with Gasteiger partial charge >= 0.3 is 0 Å². The van der Waals surface area contributed by atoms with E-state index in [1.165, 1.54) is 16.2 Å². The van der Waals surface area contributed by atoms with Crippen LogP contribution in [-0.2, 0) is 16.6 Å². The molecule has 9 nitrogen and oxygen atoms in total. The molecular formula is C30H29N5O4S2. The fourth-order valence-corrected chi connectivity index (χ4v) is 7.53. The lowest BCUT2D eigenvalue weighted by Crippen LogP contribution is -2.30. The van der Waals surface area contributed by atoms with Crippen molar-refractivity contribution in [3.63, 3.8) is 0 Å². The summed E-state index contributed by atoms with van der Waals surface area (Å²) in [5.74, 6) is 1.99. The summed E-state index contributed by atoms with van der Waals surface area (Å²) in [5.41, 5.74) is 1.92. The molecule has 3 aromatic carbocycles. The second-order valence-corrected chi connectivity index (χ2v) is 12.3. The minimum absolute atomic E-state index is 0.0108. The molecule has 1 aliphatic rings. The van der Waals surface area contributed by atoms with E-state index in [-0.39, 0.29) is 22.6 Å². The lowest BCUT2D eigenvalue weighted by molar-refractivity contribution is 0.391. The molecule has 1 fully saturated rings. The maximum Gasteiger partial charge on any atom is 0.266 e. The van der Waals surface area contributed by atoms with Crippen molar-refractivity contribution >= 4 is 43.3 Å². The Morgan fingerprint density at radius 1 is 1.00 bits per heavy atom. The van der Waals surface area contributed by atoms with Gasteiger partial charge in [-0.2, -0.15) is 4.37 Å². The topological polar surface area (TPSA) is 97.8 Å². The Labute approximate surface area is 243 Å². The molecule has 0 spiro atoms. The molecule has 0 N–H and O–H groups in total. The molecule has 6 rings (SSSR count). The maximum absolute atomic E-state index is 14.2. The minimum atomic E-state index is -4.02. The van der Waals surface area contributed by atoms with Crippen LogP contribution < -0.4 is 18.7 Å². The van der Waals surface area contributed by atoms with Crippen molar-refractivity contribution in [2.45, 2.75) is 30.3 Å². The summed E-state index contributed by atoms with van der Waals surface area (Å²) in [6.07, 6.45) is 5.21. The van der Waals surface area contributed by atoms with Crippen LogP contribution >= 0.6 is 11.5 Å². The lowest BCUT2D eigenvalue weighted by atomic mass is 10.0. The molecule has 5 aromatic rings. The van der Waals surface area contributed by atoms with Crippen LogP contribution in [0.3, 0.4) is 0 Å². The highest BCUT2D eigenvalue weighted by Crippen LogP contribution is 2.39. The third-order valence-electron chi connectivity index (χ3n) is 7.38. The van der Waals surface area contributed by atoms with Gasteiger partial charge in [-0.15, -0.1) is 0 Å². The largest absolute Gasteiger partial charge is 0.497 e. The molecule has 0 saturated carbocycles. The number of anilines is 2. The van der Waals surface area contributed by atoms with Crippen LogP contribution in [0.25, 0.3) is 10.8 Å². The Hall–Kier alpha value is -4.22. The van der Waals surface area contributed by atoms with Crippen LogP contribution in [0, 0.1) is 0 Å². The molecule has 3 heterocycles. The summed E-state index contributed by atoms with van der Waals surface area (Å²) in [6.45, 7) is 0.900. The van der Waals surface area contributed by atoms with Crippen molar-refractivity contribution in [2.75, 3.05) is 30.0 Å². The number of sulfonamides is 1. The van der Waals surface area contributed by atoms with E-state index in [4.69, 9.17) is 14.5 Å². The molecule has 2 aromatic heterocycles. The van der Waals surface area contributed by atoms with E-state index in [0.717, 1.165) is 47.5 Å². The molecule has 11 heteroatoms. The second-order valence-electron chi connectivity index (χ2n) is 9.69. The van der Waals surface area contributed by atoms with Crippen molar-refractivity contribution in [1.29, 1.82) is 0 Å². The molecule has 0 aliphatic carbocycles. The van der Waals surface area contributed by atoms with E-state index in [9.17, 15) is 8.42 Å². The van der Waals surface area contributed by atoms with Crippen LogP contribution in [0.2, 0.25) is 0 Å². The number of benzene rings is 3. The summed E-state index contributed by atoms with van der Waals surface area (Å²) in [4.78, 5) is 11.5. The number of nitrogens with zero attached hydrogens (tertiary/aromatic N) is 5. The third-order valence-corrected chi connectivity index (χ3v) is 9.92. The molecule has 0 bridgehead atoms. The molecule has 41 heavy (non-hydrogen) atoms. The van der Waals surface area contributed by atoms with Crippen LogP contribution in [0.15, 0.2) is 90.2 Å². The zero-order chi connectivity index (χ0) is 28.4. The van der Waals surface area contributed by atoms with Gasteiger partial charge in [-0.3, -0.25) is 0 Å². The molecule has 1 unspecified atom stereocenters. The first kappa shape index (κ1) is 27.0. The molecule has 0 radical (unpaired) electrons. The molecule has 1 saturated heterocycles. The normalized spacial score (nSPS) is 15.3. The standard InChI is InChI=1S/C30H29N5O4S2/c1-38-24-11-10-23(28(18-24)39-2)19-35(30-32-20-33-40-30)41(36,37)25-12-13-26-22(17-25)14-15-31-29(26)34-16-6-9-27(34)21-7-4-3-5-8-21/h3-5,7-8,10-15,17-18,20,27H,6,9,16,19H2,1-2H3. The van der Waals surface area contributed by atoms with Crippen molar-refractivity contribution in [3.05, 3.63) is 96.4 Å². The summed E-state index contributed by atoms with van der Waals surface area (Å²) in [6, 6.07) is 23.0. The van der Waals surface area contributed by atoms with Crippen molar-refractivity contribution < 1.29 is 17.9 Å². The van der Waals surface area contributed by atoms with Crippen molar-refractivity contribution in [3.8, 4) is 11.5 Å². The van der Waals surface area contributed by atoms with Crippen LogP contribution in [0.4, 0.5) is 10.9 Å². The van der Waals surface area contributed by atoms with E-state index in [1.54, 1.807) is 50.7 Å². The van der Waals surface area contributed by atoms with E-state index in [2.05, 4.69) is 38.5 Å². The lowest BCUT2D eigenvalue weighted by Gasteiger charge is -2.27. The monoisotopic (exact) mass is 587 g/mol. The summed E-state index contributed by atoms with van der Waals surface area (Å²) in [5, 5.41) is 1.98. The first-order chi connectivity index (χ1) is 20.0. The quantitative estimate of drug-likeness (QED) is 0.212. The average Bonchev–Trinajstić information content (AvgIpc) is 3.73. The van der Waals surface area contributed by atoms with Gasteiger partial charge in [0.2, 0.25) is 5.13 Å². The first-order valence-corrected chi connectivity index (χ1v) is 15.4. The molecule has 210 valence electrons. The smallest absolute Gasteiger partial charge is 0.266 e. The zero-order valence-corrected chi connectivity index (χ0v) is 24.3. The van der Waals surface area contributed by atoms with Gasteiger partial charge in [-0.25, -0.2) is 22.7 Å². The molecular weight excluding hydrogens is 558 g/mol. The van der Waals surface area contributed by atoms with Gasteiger partial charge in [-0.05, 0) is 60.2 Å². The van der Waals surface area contributed by atoms with E-state index in [1.807, 2.05) is 18.2 Å².